The van der Waals surface area contributed by atoms with E-state index in [4.69, 9.17) is 9.47 Å². The summed E-state index contributed by atoms with van der Waals surface area (Å²) in [6.45, 7) is 9.08. The first-order valence-corrected chi connectivity index (χ1v) is 10.9. The minimum Gasteiger partial charge on any atom is -0.379 e. The third-order valence-corrected chi connectivity index (χ3v) is 5.39. The summed E-state index contributed by atoms with van der Waals surface area (Å²) in [7, 11) is 0. The van der Waals surface area contributed by atoms with Crippen molar-refractivity contribution in [2.75, 3.05) is 38.2 Å². The molecular formula is C24H33N3O3. The standard InChI is InChI=1S/C24H33N3O3/c1-3-29-13-14-30-18-21-6-4-5-20(15-21)16-25-23-8-7-22(17-26-23)24(28)27-11-9-19(2)10-12-27/h4-8,15,17,19H,3,9-14,16,18H2,1-2H3,(H,25,26). The fraction of sp³-hybridized carbons (Fsp3) is 0.500. The Labute approximate surface area is 179 Å². The number of rotatable bonds is 10. The number of carbonyl (C=O) groups excluding carboxylic acids is 1. The summed E-state index contributed by atoms with van der Waals surface area (Å²) in [6, 6.07) is 12.0. The highest BCUT2D eigenvalue weighted by molar-refractivity contribution is 5.94. The molecule has 2 aromatic rings. The summed E-state index contributed by atoms with van der Waals surface area (Å²) in [5.41, 5.74) is 2.95. The molecule has 0 atom stereocenters. The first kappa shape index (κ1) is 22.2. The number of amides is 1. The molecule has 0 unspecified atom stereocenters. The van der Waals surface area contributed by atoms with Gasteiger partial charge in [-0.2, -0.15) is 0 Å². The van der Waals surface area contributed by atoms with Crippen LogP contribution >= 0.6 is 0 Å². The lowest BCUT2D eigenvalue weighted by atomic mass is 9.99. The molecule has 3 rings (SSSR count). The van der Waals surface area contributed by atoms with Crippen LogP contribution in [0.15, 0.2) is 42.6 Å². The van der Waals surface area contributed by atoms with Crippen molar-refractivity contribution in [1.82, 2.24) is 9.88 Å². The van der Waals surface area contributed by atoms with Crippen LogP contribution in [0.5, 0.6) is 0 Å². The predicted molar refractivity (Wildman–Crippen MR) is 118 cm³/mol. The maximum atomic E-state index is 12.6. The van der Waals surface area contributed by atoms with Crippen molar-refractivity contribution < 1.29 is 14.3 Å². The molecule has 1 fully saturated rings. The Balaban J connectivity index is 1.47. The molecule has 1 aliphatic heterocycles. The molecular weight excluding hydrogens is 378 g/mol. The van der Waals surface area contributed by atoms with Gasteiger partial charge < -0.3 is 19.7 Å². The number of hydrogen-bond donors (Lipinski definition) is 1. The lowest BCUT2D eigenvalue weighted by molar-refractivity contribution is 0.0453. The number of piperidine rings is 1. The molecule has 1 aliphatic rings. The Kier molecular flexibility index (Phi) is 8.66. The number of aromatic nitrogens is 1. The van der Waals surface area contributed by atoms with Gasteiger partial charge in [-0.25, -0.2) is 4.98 Å². The monoisotopic (exact) mass is 411 g/mol. The fourth-order valence-corrected chi connectivity index (χ4v) is 3.49. The minimum atomic E-state index is 0.0815. The molecule has 0 spiro atoms. The number of benzene rings is 1. The van der Waals surface area contributed by atoms with Crippen LogP contribution in [0, 0.1) is 5.92 Å². The lowest BCUT2D eigenvalue weighted by Crippen LogP contribution is -2.37. The van der Waals surface area contributed by atoms with Crippen molar-refractivity contribution in [3.05, 3.63) is 59.3 Å². The number of pyridine rings is 1. The minimum absolute atomic E-state index is 0.0815. The van der Waals surface area contributed by atoms with E-state index < -0.39 is 0 Å². The highest BCUT2D eigenvalue weighted by Crippen LogP contribution is 2.18. The average molecular weight is 412 g/mol. The topological polar surface area (TPSA) is 63.7 Å². The van der Waals surface area contributed by atoms with Gasteiger partial charge in [-0.3, -0.25) is 4.79 Å². The third kappa shape index (κ3) is 6.82. The van der Waals surface area contributed by atoms with Crippen molar-refractivity contribution in [3.8, 4) is 0 Å². The molecule has 6 heteroatoms. The predicted octanol–water partition coefficient (Wildman–Crippen LogP) is 4.12. The second kappa shape index (κ2) is 11.7. The molecule has 0 saturated carbocycles. The zero-order valence-corrected chi connectivity index (χ0v) is 18.1. The van der Waals surface area contributed by atoms with Crippen molar-refractivity contribution >= 4 is 11.7 Å². The Morgan fingerprint density at radius 3 is 2.63 bits per heavy atom. The summed E-state index contributed by atoms with van der Waals surface area (Å²) < 4.78 is 10.9. The van der Waals surface area contributed by atoms with Gasteiger partial charge >= 0.3 is 0 Å². The van der Waals surface area contributed by atoms with Crippen LogP contribution in [0.3, 0.4) is 0 Å². The number of ether oxygens (including phenoxy) is 2. The van der Waals surface area contributed by atoms with Gasteiger partial charge in [-0.1, -0.05) is 31.2 Å². The molecule has 1 amide bonds. The van der Waals surface area contributed by atoms with E-state index >= 15 is 0 Å². The molecule has 1 N–H and O–H groups in total. The molecule has 0 aliphatic carbocycles. The average Bonchev–Trinajstić information content (AvgIpc) is 2.78. The van der Waals surface area contributed by atoms with E-state index in [-0.39, 0.29) is 5.91 Å². The van der Waals surface area contributed by atoms with Gasteiger partial charge in [0, 0.05) is 32.4 Å². The largest absolute Gasteiger partial charge is 0.379 e. The van der Waals surface area contributed by atoms with Gasteiger partial charge in [0.2, 0.25) is 0 Å². The van der Waals surface area contributed by atoms with Crippen LogP contribution in [-0.2, 0) is 22.6 Å². The van der Waals surface area contributed by atoms with Crippen molar-refractivity contribution in [3.63, 3.8) is 0 Å². The van der Waals surface area contributed by atoms with Gasteiger partial charge in [0.05, 0.1) is 25.4 Å². The maximum Gasteiger partial charge on any atom is 0.255 e. The molecule has 1 saturated heterocycles. The Hall–Kier alpha value is -2.44. The van der Waals surface area contributed by atoms with Crippen LogP contribution in [0.4, 0.5) is 5.82 Å². The fourth-order valence-electron chi connectivity index (χ4n) is 3.49. The first-order valence-electron chi connectivity index (χ1n) is 10.9. The van der Waals surface area contributed by atoms with E-state index in [1.807, 2.05) is 30.0 Å². The van der Waals surface area contributed by atoms with Crippen molar-refractivity contribution in [2.45, 2.75) is 39.8 Å². The zero-order valence-electron chi connectivity index (χ0n) is 18.1. The molecule has 0 radical (unpaired) electrons. The number of anilines is 1. The van der Waals surface area contributed by atoms with E-state index in [1.165, 1.54) is 0 Å². The molecule has 0 bridgehead atoms. The third-order valence-electron chi connectivity index (χ3n) is 5.39. The molecule has 30 heavy (non-hydrogen) atoms. The summed E-state index contributed by atoms with van der Waals surface area (Å²) in [5.74, 6) is 1.55. The molecule has 1 aromatic heterocycles. The normalized spacial score (nSPS) is 14.7. The van der Waals surface area contributed by atoms with Gasteiger partial charge in [-0.15, -0.1) is 0 Å². The zero-order chi connectivity index (χ0) is 21.2. The molecule has 2 heterocycles. The maximum absolute atomic E-state index is 12.6. The van der Waals surface area contributed by atoms with Crippen LogP contribution < -0.4 is 5.32 Å². The first-order chi connectivity index (χ1) is 14.7. The van der Waals surface area contributed by atoms with Crippen molar-refractivity contribution in [2.24, 2.45) is 5.92 Å². The number of likely N-dealkylation sites (tertiary alicyclic amines) is 1. The molecule has 6 nitrogen and oxygen atoms in total. The quantitative estimate of drug-likeness (QED) is 0.596. The SMILES string of the molecule is CCOCCOCc1cccc(CNc2ccc(C(=O)N3CCC(C)CC3)cn2)c1. The Morgan fingerprint density at radius 2 is 1.90 bits per heavy atom. The summed E-state index contributed by atoms with van der Waals surface area (Å²) >= 11 is 0. The number of nitrogens with one attached hydrogen (secondary N) is 1. The van der Waals surface area contributed by atoms with E-state index in [0.29, 0.717) is 44.5 Å². The lowest BCUT2D eigenvalue weighted by Gasteiger charge is -2.30. The Morgan fingerprint density at radius 1 is 1.13 bits per heavy atom. The van der Waals surface area contributed by atoms with E-state index in [2.05, 4.69) is 35.4 Å². The summed E-state index contributed by atoms with van der Waals surface area (Å²) in [4.78, 5) is 19.0. The van der Waals surface area contributed by atoms with Crippen molar-refractivity contribution in [1.29, 1.82) is 0 Å². The molecule has 162 valence electrons. The number of carbonyl (C=O) groups is 1. The second-order valence-corrected chi connectivity index (χ2v) is 7.83. The highest BCUT2D eigenvalue weighted by atomic mass is 16.5. The number of hydrogen-bond acceptors (Lipinski definition) is 5. The van der Waals surface area contributed by atoms with Crippen LogP contribution in [0.1, 0.15) is 48.2 Å². The Bertz CT molecular complexity index is 787. The smallest absolute Gasteiger partial charge is 0.255 e. The second-order valence-electron chi connectivity index (χ2n) is 7.83. The van der Waals surface area contributed by atoms with Gasteiger partial charge in [0.15, 0.2) is 0 Å². The summed E-state index contributed by atoms with van der Waals surface area (Å²) in [6.07, 6.45) is 3.83. The van der Waals surface area contributed by atoms with E-state index in [0.717, 1.165) is 42.9 Å². The van der Waals surface area contributed by atoms with E-state index in [9.17, 15) is 4.79 Å². The van der Waals surface area contributed by atoms with Crippen LogP contribution in [0.2, 0.25) is 0 Å². The van der Waals surface area contributed by atoms with Gasteiger partial charge in [0.25, 0.3) is 5.91 Å². The van der Waals surface area contributed by atoms with Gasteiger partial charge in [-0.05, 0) is 48.9 Å². The molecule has 1 aromatic carbocycles. The van der Waals surface area contributed by atoms with Crippen LogP contribution in [-0.4, -0.2) is 48.7 Å². The van der Waals surface area contributed by atoms with Gasteiger partial charge in [0.1, 0.15) is 5.82 Å². The number of nitrogens with zero attached hydrogens (tertiary/aromatic N) is 2. The van der Waals surface area contributed by atoms with E-state index in [1.54, 1.807) is 6.20 Å². The summed E-state index contributed by atoms with van der Waals surface area (Å²) in [5, 5.41) is 3.33. The highest BCUT2D eigenvalue weighted by Gasteiger charge is 2.21. The van der Waals surface area contributed by atoms with Crippen LogP contribution in [0.25, 0.3) is 0 Å².